The van der Waals surface area contributed by atoms with E-state index in [9.17, 15) is 0 Å². The van der Waals surface area contributed by atoms with Gasteiger partial charge in [-0.15, -0.1) is 0 Å². The number of imidazole rings is 1. The maximum absolute atomic E-state index is 5.45. The molecule has 5 heteroatoms. The lowest BCUT2D eigenvalue weighted by Gasteiger charge is -2.27. The van der Waals surface area contributed by atoms with Crippen LogP contribution >= 0.6 is 0 Å². The van der Waals surface area contributed by atoms with E-state index in [2.05, 4.69) is 64.2 Å². The Morgan fingerprint density at radius 2 is 1.77 bits per heavy atom. The molecule has 2 aromatic carbocycles. The second kappa shape index (κ2) is 7.89. The van der Waals surface area contributed by atoms with Gasteiger partial charge in [-0.2, -0.15) is 0 Å². The zero-order chi connectivity index (χ0) is 17.8. The minimum Gasteiger partial charge on any atom is -0.379 e. The van der Waals surface area contributed by atoms with Gasteiger partial charge in [0.05, 0.1) is 24.2 Å². The van der Waals surface area contributed by atoms with E-state index in [1.54, 1.807) is 0 Å². The lowest BCUT2D eigenvalue weighted by Crippen LogP contribution is -2.38. The Balaban J connectivity index is 1.51. The maximum Gasteiger partial charge on any atom is 0.204 e. The molecule has 3 aromatic rings. The first kappa shape index (κ1) is 17.1. The van der Waals surface area contributed by atoms with Gasteiger partial charge in [0, 0.05) is 32.7 Å². The first-order valence-electron chi connectivity index (χ1n) is 9.34. The fourth-order valence-corrected chi connectivity index (χ4v) is 3.39. The molecular formula is C21H26N4O. The fourth-order valence-electron chi connectivity index (χ4n) is 3.39. The molecule has 0 aliphatic carbocycles. The van der Waals surface area contributed by atoms with Crippen molar-refractivity contribution < 1.29 is 4.74 Å². The van der Waals surface area contributed by atoms with Crippen molar-refractivity contribution in [1.29, 1.82) is 0 Å². The molecule has 1 aliphatic heterocycles. The van der Waals surface area contributed by atoms with E-state index < -0.39 is 0 Å². The van der Waals surface area contributed by atoms with E-state index in [1.165, 1.54) is 16.6 Å². The normalized spacial score (nSPS) is 15.4. The molecule has 0 spiro atoms. The van der Waals surface area contributed by atoms with Gasteiger partial charge >= 0.3 is 0 Å². The van der Waals surface area contributed by atoms with Crippen molar-refractivity contribution >= 4 is 17.0 Å². The molecule has 0 radical (unpaired) electrons. The number of benzene rings is 2. The topological polar surface area (TPSA) is 42.3 Å². The third-order valence-electron chi connectivity index (χ3n) is 4.97. The number of aromatic nitrogens is 2. The monoisotopic (exact) mass is 350 g/mol. The van der Waals surface area contributed by atoms with Gasteiger partial charge in [0.25, 0.3) is 0 Å². The van der Waals surface area contributed by atoms with Gasteiger partial charge in [-0.25, -0.2) is 4.98 Å². The number of anilines is 1. The highest BCUT2D eigenvalue weighted by molar-refractivity contribution is 5.78. The van der Waals surface area contributed by atoms with Crippen LogP contribution in [0.5, 0.6) is 0 Å². The summed E-state index contributed by atoms with van der Waals surface area (Å²) in [6.07, 6.45) is 0. The average molecular weight is 350 g/mol. The minimum atomic E-state index is 0.779. The van der Waals surface area contributed by atoms with Crippen molar-refractivity contribution in [1.82, 2.24) is 14.5 Å². The summed E-state index contributed by atoms with van der Waals surface area (Å²) in [6, 6.07) is 17.0. The standard InChI is InChI=1S/C21H26N4O/c1-17-6-8-18(9-7-17)16-22-21-23-19-4-2-3-5-20(19)25(21)11-10-24-12-14-26-15-13-24/h2-9H,10-16H2,1H3,(H,22,23). The van der Waals surface area contributed by atoms with E-state index in [0.29, 0.717) is 0 Å². The van der Waals surface area contributed by atoms with Crippen LogP contribution in [0.25, 0.3) is 11.0 Å². The quantitative estimate of drug-likeness (QED) is 0.741. The largest absolute Gasteiger partial charge is 0.379 e. The summed E-state index contributed by atoms with van der Waals surface area (Å²) < 4.78 is 7.76. The molecule has 4 rings (SSSR count). The van der Waals surface area contributed by atoms with Gasteiger partial charge in [0.2, 0.25) is 5.95 Å². The van der Waals surface area contributed by atoms with Crippen molar-refractivity contribution in [2.45, 2.75) is 20.0 Å². The number of aryl methyl sites for hydroxylation is 1. The van der Waals surface area contributed by atoms with Gasteiger partial charge in [-0.1, -0.05) is 42.0 Å². The molecule has 0 bridgehead atoms. The summed E-state index contributed by atoms with van der Waals surface area (Å²) in [5.74, 6) is 0.944. The summed E-state index contributed by atoms with van der Waals surface area (Å²) >= 11 is 0. The fraction of sp³-hybridized carbons (Fsp3) is 0.381. The molecule has 0 atom stereocenters. The molecule has 136 valence electrons. The zero-order valence-corrected chi connectivity index (χ0v) is 15.3. The Kier molecular flexibility index (Phi) is 5.18. The Labute approximate surface area is 154 Å². The van der Waals surface area contributed by atoms with Crippen LogP contribution in [0.2, 0.25) is 0 Å². The number of hydrogen-bond donors (Lipinski definition) is 1. The lowest BCUT2D eigenvalue weighted by molar-refractivity contribution is 0.0366. The first-order valence-corrected chi connectivity index (χ1v) is 9.34. The van der Waals surface area contributed by atoms with Crippen molar-refractivity contribution in [3.8, 4) is 0 Å². The zero-order valence-electron chi connectivity index (χ0n) is 15.3. The van der Waals surface area contributed by atoms with Crippen LogP contribution in [0.1, 0.15) is 11.1 Å². The highest BCUT2D eigenvalue weighted by Gasteiger charge is 2.14. The predicted molar refractivity (Wildman–Crippen MR) is 105 cm³/mol. The Morgan fingerprint density at radius 3 is 2.58 bits per heavy atom. The van der Waals surface area contributed by atoms with Crippen LogP contribution in [0.15, 0.2) is 48.5 Å². The van der Waals surface area contributed by atoms with Crippen molar-refractivity contribution in [2.75, 3.05) is 38.2 Å². The van der Waals surface area contributed by atoms with Crippen LogP contribution in [-0.2, 0) is 17.8 Å². The highest BCUT2D eigenvalue weighted by Crippen LogP contribution is 2.20. The van der Waals surface area contributed by atoms with E-state index in [1.807, 2.05) is 6.07 Å². The smallest absolute Gasteiger partial charge is 0.204 e. The number of nitrogens with one attached hydrogen (secondary N) is 1. The molecule has 1 aromatic heterocycles. The van der Waals surface area contributed by atoms with Gasteiger partial charge in [-0.05, 0) is 24.6 Å². The first-order chi connectivity index (χ1) is 12.8. The van der Waals surface area contributed by atoms with Crippen LogP contribution in [0.3, 0.4) is 0 Å². The van der Waals surface area contributed by atoms with E-state index in [-0.39, 0.29) is 0 Å². The molecule has 1 saturated heterocycles. The number of para-hydroxylation sites is 2. The van der Waals surface area contributed by atoms with Gasteiger partial charge in [-0.3, -0.25) is 4.90 Å². The summed E-state index contributed by atoms with van der Waals surface area (Å²) in [5.41, 5.74) is 4.78. The van der Waals surface area contributed by atoms with Gasteiger partial charge < -0.3 is 14.6 Å². The lowest BCUT2D eigenvalue weighted by atomic mass is 10.1. The average Bonchev–Trinajstić information content (AvgIpc) is 3.04. The molecule has 1 fully saturated rings. The molecule has 2 heterocycles. The minimum absolute atomic E-state index is 0.779. The van der Waals surface area contributed by atoms with E-state index >= 15 is 0 Å². The number of nitrogens with zero attached hydrogens (tertiary/aromatic N) is 3. The number of morpholine rings is 1. The molecule has 0 unspecified atom stereocenters. The molecule has 5 nitrogen and oxygen atoms in total. The molecule has 1 N–H and O–H groups in total. The van der Waals surface area contributed by atoms with Gasteiger partial charge in [0.15, 0.2) is 0 Å². The Hall–Kier alpha value is -2.37. The summed E-state index contributed by atoms with van der Waals surface area (Å²) in [4.78, 5) is 7.28. The van der Waals surface area contributed by atoms with Crippen LogP contribution in [-0.4, -0.2) is 47.3 Å². The Bertz CT molecular complexity index is 850. The molecule has 1 aliphatic rings. The van der Waals surface area contributed by atoms with E-state index in [4.69, 9.17) is 9.72 Å². The second-order valence-electron chi connectivity index (χ2n) is 6.87. The van der Waals surface area contributed by atoms with Crippen molar-refractivity contribution in [3.05, 3.63) is 59.7 Å². The highest BCUT2D eigenvalue weighted by atomic mass is 16.5. The summed E-state index contributed by atoms with van der Waals surface area (Å²) in [5, 5.41) is 3.53. The molecular weight excluding hydrogens is 324 g/mol. The second-order valence-corrected chi connectivity index (χ2v) is 6.87. The Morgan fingerprint density at radius 1 is 1.00 bits per heavy atom. The molecule has 0 saturated carbocycles. The predicted octanol–water partition coefficient (Wildman–Crippen LogP) is 3.29. The van der Waals surface area contributed by atoms with Gasteiger partial charge in [0.1, 0.15) is 0 Å². The third kappa shape index (κ3) is 3.89. The van der Waals surface area contributed by atoms with Crippen molar-refractivity contribution in [3.63, 3.8) is 0 Å². The van der Waals surface area contributed by atoms with E-state index in [0.717, 1.165) is 57.4 Å². The van der Waals surface area contributed by atoms with Crippen LogP contribution in [0.4, 0.5) is 5.95 Å². The van der Waals surface area contributed by atoms with Crippen LogP contribution in [0, 0.1) is 6.92 Å². The van der Waals surface area contributed by atoms with Crippen LogP contribution < -0.4 is 5.32 Å². The number of fused-ring (bicyclic) bond motifs is 1. The third-order valence-corrected chi connectivity index (χ3v) is 4.97. The number of ether oxygens (including phenoxy) is 1. The summed E-state index contributed by atoms with van der Waals surface area (Å²) in [6.45, 7) is 8.53. The summed E-state index contributed by atoms with van der Waals surface area (Å²) in [7, 11) is 0. The molecule has 0 amide bonds. The SMILES string of the molecule is Cc1ccc(CNc2nc3ccccc3n2CCN2CCOCC2)cc1. The molecule has 26 heavy (non-hydrogen) atoms. The van der Waals surface area contributed by atoms with Crippen molar-refractivity contribution in [2.24, 2.45) is 0 Å². The number of hydrogen-bond acceptors (Lipinski definition) is 4. The number of rotatable bonds is 6. The maximum atomic E-state index is 5.45.